The maximum atomic E-state index is 14.1. The Kier molecular flexibility index (Phi) is 7.27. The first-order chi connectivity index (χ1) is 17.2. The van der Waals surface area contributed by atoms with E-state index >= 15 is 0 Å². The number of rotatable bonds is 4. The maximum absolute atomic E-state index is 14.1. The van der Waals surface area contributed by atoms with Crippen molar-refractivity contribution in [2.45, 2.75) is 88.9 Å². The van der Waals surface area contributed by atoms with Crippen molar-refractivity contribution in [1.29, 1.82) is 0 Å². The van der Waals surface area contributed by atoms with Crippen LogP contribution in [0.4, 0.5) is 4.39 Å². The number of amides is 1. The maximum Gasteiger partial charge on any atom is 0.333 e. The Morgan fingerprint density at radius 3 is 2.47 bits per heavy atom. The summed E-state index contributed by atoms with van der Waals surface area (Å²) in [6.45, 7) is 4.61. The summed E-state index contributed by atoms with van der Waals surface area (Å²) in [6, 6.07) is 0.894. The fraction of sp³-hybridized carbons (Fsp3) is 0.692. The molecule has 1 N–H and O–H groups in total. The molecule has 1 aliphatic carbocycles. The standard InChI is InChI=1S/C26H35FN4O4S/c1-26(2)14-16(7-10-35-26)23(32)29-18-3-5-19(6-4-18)31-24(33)21-13-17(27)15-28-22(21)30(25(31)34)20-8-11-36-12-9-20/h13,15-16,18-20H,3-12,14H2,1-2H3,(H,29,32). The lowest BCUT2D eigenvalue weighted by molar-refractivity contribution is -0.136. The number of pyridine rings is 1. The fourth-order valence-electron chi connectivity index (χ4n) is 6.05. The number of carbonyl (C=O) groups is 1. The van der Waals surface area contributed by atoms with Crippen LogP contribution in [0.1, 0.15) is 77.3 Å². The Labute approximate surface area is 214 Å². The van der Waals surface area contributed by atoms with E-state index in [4.69, 9.17) is 4.74 Å². The highest BCUT2D eigenvalue weighted by atomic mass is 32.2. The van der Waals surface area contributed by atoms with E-state index in [0.29, 0.717) is 38.7 Å². The van der Waals surface area contributed by atoms with Crippen LogP contribution < -0.4 is 16.6 Å². The molecule has 36 heavy (non-hydrogen) atoms. The lowest BCUT2D eigenvalue weighted by Gasteiger charge is -2.36. The van der Waals surface area contributed by atoms with Gasteiger partial charge in [0.25, 0.3) is 5.56 Å². The summed E-state index contributed by atoms with van der Waals surface area (Å²) >= 11 is 1.85. The van der Waals surface area contributed by atoms with Crippen molar-refractivity contribution in [3.05, 3.63) is 38.9 Å². The zero-order valence-electron chi connectivity index (χ0n) is 21.0. The van der Waals surface area contributed by atoms with Gasteiger partial charge in [-0.25, -0.2) is 14.2 Å². The summed E-state index contributed by atoms with van der Waals surface area (Å²) in [5, 5.41) is 3.36. The normalized spacial score (nSPS) is 27.1. The van der Waals surface area contributed by atoms with Crippen molar-refractivity contribution in [2.75, 3.05) is 18.1 Å². The van der Waals surface area contributed by atoms with Crippen molar-refractivity contribution < 1.29 is 13.9 Å². The van der Waals surface area contributed by atoms with Gasteiger partial charge in [-0.2, -0.15) is 11.8 Å². The molecule has 2 saturated heterocycles. The van der Waals surface area contributed by atoms with Crippen LogP contribution in [-0.2, 0) is 9.53 Å². The van der Waals surface area contributed by atoms with E-state index in [-0.39, 0.29) is 52.3 Å². The molecule has 3 fully saturated rings. The van der Waals surface area contributed by atoms with Crippen LogP contribution in [-0.4, -0.2) is 49.8 Å². The lowest BCUT2D eigenvalue weighted by Crippen LogP contribution is -2.48. The molecule has 0 spiro atoms. The quantitative estimate of drug-likeness (QED) is 0.665. The van der Waals surface area contributed by atoms with Gasteiger partial charge in [0, 0.05) is 30.7 Å². The van der Waals surface area contributed by atoms with Crippen LogP contribution in [0.3, 0.4) is 0 Å². The second-order valence-corrected chi connectivity index (χ2v) is 12.2. The molecule has 4 heterocycles. The van der Waals surface area contributed by atoms with Crippen LogP contribution in [0.2, 0.25) is 0 Å². The molecule has 1 saturated carbocycles. The van der Waals surface area contributed by atoms with Crippen molar-refractivity contribution >= 4 is 28.7 Å². The number of thioether (sulfide) groups is 1. The second-order valence-electron chi connectivity index (χ2n) is 11.0. The topological polar surface area (TPSA) is 95.2 Å². The van der Waals surface area contributed by atoms with Crippen molar-refractivity contribution in [2.24, 2.45) is 5.92 Å². The van der Waals surface area contributed by atoms with Gasteiger partial charge in [0.2, 0.25) is 5.91 Å². The number of fused-ring (bicyclic) bond motifs is 1. The van der Waals surface area contributed by atoms with Gasteiger partial charge in [0.15, 0.2) is 0 Å². The lowest BCUT2D eigenvalue weighted by atomic mass is 9.86. The first-order valence-electron chi connectivity index (χ1n) is 13.1. The average molecular weight is 519 g/mol. The molecule has 0 aromatic carbocycles. The molecule has 1 unspecified atom stereocenters. The Bertz CT molecular complexity index is 1240. The van der Waals surface area contributed by atoms with Crippen molar-refractivity contribution in [3.63, 3.8) is 0 Å². The highest BCUT2D eigenvalue weighted by Gasteiger charge is 2.35. The van der Waals surface area contributed by atoms with E-state index in [0.717, 1.165) is 37.0 Å². The van der Waals surface area contributed by atoms with E-state index in [9.17, 15) is 18.8 Å². The van der Waals surface area contributed by atoms with Gasteiger partial charge in [-0.3, -0.25) is 18.7 Å². The predicted octanol–water partition coefficient (Wildman–Crippen LogP) is 3.57. The highest BCUT2D eigenvalue weighted by Crippen LogP contribution is 2.32. The third-order valence-electron chi connectivity index (χ3n) is 7.95. The number of aromatic nitrogens is 3. The minimum Gasteiger partial charge on any atom is -0.376 e. The molecule has 2 aromatic rings. The summed E-state index contributed by atoms with van der Waals surface area (Å²) in [7, 11) is 0. The molecule has 3 aliphatic rings. The van der Waals surface area contributed by atoms with Crippen LogP contribution in [0, 0.1) is 11.7 Å². The molecule has 196 valence electrons. The van der Waals surface area contributed by atoms with E-state index in [2.05, 4.69) is 10.3 Å². The molecule has 2 aliphatic heterocycles. The van der Waals surface area contributed by atoms with E-state index in [1.807, 2.05) is 25.6 Å². The van der Waals surface area contributed by atoms with Crippen LogP contribution in [0.15, 0.2) is 21.9 Å². The third kappa shape index (κ3) is 5.11. The number of hydrogen-bond donors (Lipinski definition) is 1. The number of nitrogens with one attached hydrogen (secondary N) is 1. The van der Waals surface area contributed by atoms with Crippen LogP contribution >= 0.6 is 11.8 Å². The van der Waals surface area contributed by atoms with Gasteiger partial charge in [0.1, 0.15) is 11.5 Å². The largest absolute Gasteiger partial charge is 0.376 e. The third-order valence-corrected chi connectivity index (χ3v) is 9.00. The fourth-order valence-corrected chi connectivity index (χ4v) is 7.13. The van der Waals surface area contributed by atoms with Gasteiger partial charge in [-0.1, -0.05) is 0 Å². The number of hydrogen-bond acceptors (Lipinski definition) is 6. The van der Waals surface area contributed by atoms with E-state index in [1.54, 1.807) is 4.57 Å². The molecule has 5 rings (SSSR count). The molecule has 2 aromatic heterocycles. The van der Waals surface area contributed by atoms with Crippen molar-refractivity contribution in [3.8, 4) is 0 Å². The number of nitrogens with zero attached hydrogens (tertiary/aromatic N) is 3. The molecule has 10 heteroatoms. The Balaban J connectivity index is 1.36. The molecule has 0 bridgehead atoms. The van der Waals surface area contributed by atoms with E-state index in [1.165, 1.54) is 10.6 Å². The minimum absolute atomic E-state index is 0.0209. The first-order valence-corrected chi connectivity index (χ1v) is 14.2. The summed E-state index contributed by atoms with van der Waals surface area (Å²) in [5.41, 5.74) is -0.832. The van der Waals surface area contributed by atoms with Gasteiger partial charge in [0.05, 0.1) is 17.2 Å². The second kappa shape index (κ2) is 10.3. The molecule has 0 radical (unpaired) electrons. The smallest absolute Gasteiger partial charge is 0.333 e. The Hall–Kier alpha value is -2.20. The summed E-state index contributed by atoms with van der Waals surface area (Å²) < 4.78 is 22.8. The van der Waals surface area contributed by atoms with Gasteiger partial charge in [-0.05, 0) is 82.8 Å². The molecule has 1 amide bonds. The molecule has 8 nitrogen and oxygen atoms in total. The number of ether oxygens (including phenoxy) is 1. The molecular formula is C26H35FN4O4S. The predicted molar refractivity (Wildman–Crippen MR) is 138 cm³/mol. The number of halogens is 1. The van der Waals surface area contributed by atoms with Crippen LogP contribution in [0.5, 0.6) is 0 Å². The molecular weight excluding hydrogens is 483 g/mol. The van der Waals surface area contributed by atoms with Gasteiger partial charge >= 0.3 is 5.69 Å². The summed E-state index contributed by atoms with van der Waals surface area (Å²) in [6.07, 6.45) is 6.72. The zero-order valence-corrected chi connectivity index (χ0v) is 21.8. The van der Waals surface area contributed by atoms with E-state index < -0.39 is 11.4 Å². The molecule has 1 atom stereocenters. The average Bonchev–Trinajstić information content (AvgIpc) is 2.85. The summed E-state index contributed by atoms with van der Waals surface area (Å²) in [4.78, 5) is 44.2. The highest BCUT2D eigenvalue weighted by molar-refractivity contribution is 7.99. The minimum atomic E-state index is -0.585. The van der Waals surface area contributed by atoms with Crippen LogP contribution in [0.25, 0.3) is 11.0 Å². The Morgan fingerprint density at radius 1 is 1.08 bits per heavy atom. The number of carbonyl (C=O) groups excluding carboxylic acids is 1. The summed E-state index contributed by atoms with van der Waals surface area (Å²) in [5.74, 6) is 1.30. The monoisotopic (exact) mass is 518 g/mol. The van der Waals surface area contributed by atoms with Gasteiger partial charge < -0.3 is 10.1 Å². The zero-order chi connectivity index (χ0) is 25.4. The SMILES string of the molecule is CC1(C)CC(C(=O)NC2CCC(n3c(=O)c4cc(F)cnc4n(C4CCSCC4)c3=O)CC2)CCO1. The van der Waals surface area contributed by atoms with Crippen molar-refractivity contribution in [1.82, 2.24) is 19.4 Å². The Morgan fingerprint density at radius 2 is 1.78 bits per heavy atom. The van der Waals surface area contributed by atoms with Gasteiger partial charge in [-0.15, -0.1) is 0 Å². The first kappa shape index (κ1) is 25.4.